The summed E-state index contributed by atoms with van der Waals surface area (Å²) in [4.78, 5) is 0. The van der Waals surface area contributed by atoms with Crippen LogP contribution in [0.1, 0.15) is 0 Å². The van der Waals surface area contributed by atoms with E-state index in [0.29, 0.717) is 11.4 Å². The number of nitrogens with one attached hydrogen (secondary N) is 1. The number of benzene rings is 1. The van der Waals surface area contributed by atoms with E-state index < -0.39 is 10.5 Å². The van der Waals surface area contributed by atoms with Gasteiger partial charge in [0.2, 0.25) is 0 Å². The van der Waals surface area contributed by atoms with Crippen LogP contribution in [0.25, 0.3) is 0 Å². The van der Waals surface area contributed by atoms with E-state index in [0.717, 1.165) is 0 Å². The first-order chi connectivity index (χ1) is 6.22. The molecule has 0 spiro atoms. The average Bonchev–Trinajstić information content (AvgIpc) is 2.08. The third kappa shape index (κ3) is 2.92. The van der Waals surface area contributed by atoms with Gasteiger partial charge < -0.3 is 0 Å². The van der Waals surface area contributed by atoms with Gasteiger partial charge in [0.05, 0.1) is 5.69 Å². The number of anilines is 1. The Labute approximate surface area is 76.3 Å². The summed E-state index contributed by atoms with van der Waals surface area (Å²) >= 11 is 0. The first-order valence-corrected chi connectivity index (χ1v) is 4.32. The van der Waals surface area contributed by atoms with E-state index >= 15 is 0 Å². The van der Waals surface area contributed by atoms with Gasteiger partial charge in [-0.3, -0.25) is 5.32 Å². The second-order valence-electron chi connectivity index (χ2n) is 2.09. The van der Waals surface area contributed by atoms with E-state index in [9.17, 15) is 8.42 Å². The second-order valence-corrected chi connectivity index (χ2v) is 2.71. The number of nitrogens with zero attached hydrogens (tertiary/aromatic N) is 2. The van der Waals surface area contributed by atoms with Gasteiger partial charge in [-0.2, -0.15) is 13.7 Å². The number of hydrogen-bond donors (Lipinski definition) is 1. The maximum Gasteiger partial charge on any atom is 0.316 e. The van der Waals surface area contributed by atoms with Gasteiger partial charge in [0.15, 0.2) is 6.19 Å². The van der Waals surface area contributed by atoms with Crippen LogP contribution in [0.5, 0.6) is 0 Å². The topological polar surface area (TPSA) is 82.3 Å². The van der Waals surface area contributed by atoms with Crippen molar-refractivity contribution < 1.29 is 8.42 Å². The molecule has 1 aromatic rings. The van der Waals surface area contributed by atoms with Gasteiger partial charge in [-0.1, -0.05) is 0 Å². The van der Waals surface area contributed by atoms with Crippen molar-refractivity contribution in [1.82, 2.24) is 0 Å². The molecular weight excluding hydrogens is 190 g/mol. The molecule has 0 radical (unpaired) electrons. The van der Waals surface area contributed by atoms with E-state index in [2.05, 4.69) is 9.68 Å². The van der Waals surface area contributed by atoms with Crippen molar-refractivity contribution in [2.75, 3.05) is 5.32 Å². The quantitative estimate of drug-likeness (QED) is 0.569. The summed E-state index contributed by atoms with van der Waals surface area (Å²) in [5.41, 5.74) is 0.926. The molecule has 0 atom stereocenters. The third-order valence-corrected chi connectivity index (χ3v) is 1.61. The minimum absolute atomic E-state index is 0.330. The molecule has 6 heteroatoms. The van der Waals surface area contributed by atoms with Gasteiger partial charge in [0.1, 0.15) is 0 Å². The van der Waals surface area contributed by atoms with Gasteiger partial charge in [0.25, 0.3) is 0 Å². The monoisotopic (exact) mass is 195 g/mol. The fourth-order valence-corrected chi connectivity index (χ4v) is 1.05. The highest BCUT2D eigenvalue weighted by Gasteiger charge is 1.91. The summed E-state index contributed by atoms with van der Waals surface area (Å²) in [5.74, 6) is 0. The zero-order chi connectivity index (χ0) is 9.68. The Balaban J connectivity index is 2.95. The van der Waals surface area contributed by atoms with Crippen molar-refractivity contribution in [2.24, 2.45) is 4.36 Å². The predicted molar refractivity (Wildman–Crippen MR) is 46.7 cm³/mol. The van der Waals surface area contributed by atoms with Crippen LogP contribution in [-0.4, -0.2) is 8.42 Å². The smallest absolute Gasteiger partial charge is 0.293 e. The van der Waals surface area contributed by atoms with Crippen LogP contribution < -0.4 is 5.32 Å². The van der Waals surface area contributed by atoms with Crippen molar-refractivity contribution in [2.45, 2.75) is 0 Å². The van der Waals surface area contributed by atoms with Gasteiger partial charge in [0, 0.05) is 5.69 Å². The Kier molecular flexibility index (Phi) is 3.00. The molecule has 0 saturated carbocycles. The summed E-state index contributed by atoms with van der Waals surface area (Å²) in [5, 5.41) is 10.6. The van der Waals surface area contributed by atoms with Crippen molar-refractivity contribution in [3.8, 4) is 6.19 Å². The van der Waals surface area contributed by atoms with E-state index in [1.807, 2.05) is 0 Å². The van der Waals surface area contributed by atoms with Gasteiger partial charge in [-0.25, -0.2) is 0 Å². The van der Waals surface area contributed by atoms with Crippen molar-refractivity contribution >= 4 is 21.9 Å². The lowest BCUT2D eigenvalue weighted by molar-refractivity contribution is 0.622. The number of hydrogen-bond acceptors (Lipinski definition) is 5. The molecule has 1 rings (SSSR count). The van der Waals surface area contributed by atoms with Gasteiger partial charge >= 0.3 is 10.5 Å². The zero-order valence-electron chi connectivity index (χ0n) is 6.43. The van der Waals surface area contributed by atoms with Gasteiger partial charge in [-0.05, 0) is 24.3 Å². The molecule has 66 valence electrons. The largest absolute Gasteiger partial charge is 0.316 e. The fraction of sp³-hybridized carbons (Fsp3) is 0. The Morgan fingerprint density at radius 1 is 1.31 bits per heavy atom. The van der Waals surface area contributed by atoms with E-state index in [4.69, 9.17) is 5.26 Å². The molecule has 0 unspecified atom stereocenters. The Morgan fingerprint density at radius 3 is 2.38 bits per heavy atom. The summed E-state index contributed by atoms with van der Waals surface area (Å²) in [7, 11) is -2.44. The first kappa shape index (κ1) is 9.22. The van der Waals surface area contributed by atoms with Crippen LogP contribution in [0.15, 0.2) is 28.6 Å². The molecule has 0 aliphatic heterocycles. The summed E-state index contributed by atoms with van der Waals surface area (Å²) in [6, 6.07) is 6.12. The first-order valence-electron chi connectivity index (χ1n) is 3.28. The molecule has 0 aromatic heterocycles. The Hall–Kier alpha value is -1.87. The molecule has 0 aliphatic carbocycles. The average molecular weight is 195 g/mol. The lowest BCUT2D eigenvalue weighted by Crippen LogP contribution is -1.84. The number of nitriles is 1. The Morgan fingerprint density at radius 2 is 1.92 bits per heavy atom. The molecule has 0 fully saturated rings. The van der Waals surface area contributed by atoms with Gasteiger partial charge in [-0.15, -0.1) is 4.36 Å². The Bertz CT molecular complexity index is 448. The molecule has 1 aromatic carbocycles. The fourth-order valence-electron chi connectivity index (χ4n) is 0.756. The van der Waals surface area contributed by atoms with Crippen LogP contribution in [-0.2, 0) is 10.5 Å². The molecule has 5 nitrogen and oxygen atoms in total. The third-order valence-electron chi connectivity index (χ3n) is 1.25. The molecule has 0 saturated heterocycles. The van der Waals surface area contributed by atoms with Crippen LogP contribution in [0.3, 0.4) is 0 Å². The number of rotatable bonds is 2. The highest BCUT2D eigenvalue weighted by Crippen LogP contribution is 2.15. The van der Waals surface area contributed by atoms with Crippen LogP contribution in [0.2, 0.25) is 0 Å². The molecule has 0 bridgehead atoms. The van der Waals surface area contributed by atoms with Crippen molar-refractivity contribution in [3.05, 3.63) is 24.3 Å². The second kappa shape index (κ2) is 4.23. The standard InChI is InChI=1S/C7H5N3O2S/c8-5-9-6-1-3-7(4-2-6)10-13(11)12/h1-4,9H. The summed E-state index contributed by atoms with van der Waals surface area (Å²) in [6.07, 6.45) is 1.74. The lowest BCUT2D eigenvalue weighted by atomic mass is 10.3. The maximum absolute atomic E-state index is 10.1. The van der Waals surface area contributed by atoms with E-state index in [1.54, 1.807) is 18.3 Å². The minimum Gasteiger partial charge on any atom is -0.293 e. The van der Waals surface area contributed by atoms with Crippen molar-refractivity contribution in [1.29, 1.82) is 5.26 Å². The SMILES string of the molecule is N#CNc1ccc(N=S(=O)=O)cc1. The minimum atomic E-state index is -2.44. The molecule has 0 amide bonds. The van der Waals surface area contributed by atoms with E-state index in [1.165, 1.54) is 12.1 Å². The normalized spacial score (nSPS) is 8.54. The lowest BCUT2D eigenvalue weighted by Gasteiger charge is -1.94. The summed E-state index contributed by atoms with van der Waals surface area (Å²) in [6.45, 7) is 0. The van der Waals surface area contributed by atoms with Crippen LogP contribution >= 0.6 is 0 Å². The van der Waals surface area contributed by atoms with E-state index in [-0.39, 0.29) is 0 Å². The maximum atomic E-state index is 10.1. The zero-order valence-corrected chi connectivity index (χ0v) is 7.25. The summed E-state index contributed by atoms with van der Waals surface area (Å²) < 4.78 is 23.6. The van der Waals surface area contributed by atoms with Crippen LogP contribution in [0.4, 0.5) is 11.4 Å². The van der Waals surface area contributed by atoms with Crippen molar-refractivity contribution in [3.63, 3.8) is 0 Å². The molecule has 0 aliphatic rings. The highest BCUT2D eigenvalue weighted by atomic mass is 32.2. The molecular formula is C7H5N3O2S. The van der Waals surface area contributed by atoms with Crippen LogP contribution in [0, 0.1) is 11.5 Å². The predicted octanol–water partition coefficient (Wildman–Crippen LogP) is 1.27. The molecule has 13 heavy (non-hydrogen) atoms. The molecule has 0 heterocycles. The highest BCUT2D eigenvalue weighted by molar-refractivity contribution is 7.61. The molecule has 1 N–H and O–H groups in total.